The fourth-order valence-corrected chi connectivity index (χ4v) is 5.21. The molecule has 0 saturated carbocycles. The molecular weight excluding hydrogens is 344 g/mol. The zero-order chi connectivity index (χ0) is 18.0. The first-order valence-electron chi connectivity index (χ1n) is 8.30. The fourth-order valence-electron chi connectivity index (χ4n) is 3.35. The number of piperazine rings is 1. The molecule has 0 aliphatic carbocycles. The number of carbonyl (C=O) groups excluding carboxylic acids is 2. The van der Waals surface area contributed by atoms with Gasteiger partial charge in [-0.15, -0.1) is 0 Å². The van der Waals surface area contributed by atoms with Crippen molar-refractivity contribution in [3.63, 3.8) is 0 Å². The van der Waals surface area contributed by atoms with Crippen molar-refractivity contribution in [2.45, 2.75) is 12.8 Å². The maximum Gasteiger partial charge on any atom is 0.246 e. The molecule has 1 aromatic carbocycles. The van der Waals surface area contributed by atoms with Crippen LogP contribution in [0.5, 0.6) is 5.75 Å². The Morgan fingerprint density at radius 3 is 2.76 bits per heavy atom. The molecule has 0 aromatic heterocycles. The first kappa shape index (κ1) is 17.7. The lowest BCUT2D eigenvalue weighted by atomic mass is 10.0. The molecule has 0 bridgehead atoms. The van der Waals surface area contributed by atoms with Gasteiger partial charge in [0.05, 0.1) is 18.6 Å². The second-order valence-corrected chi connectivity index (χ2v) is 8.76. The molecule has 0 spiro atoms. The van der Waals surface area contributed by atoms with Gasteiger partial charge in [-0.3, -0.25) is 9.59 Å². The molecule has 2 saturated heterocycles. The molecule has 2 fully saturated rings. The second kappa shape index (κ2) is 7.03. The van der Waals surface area contributed by atoms with E-state index in [2.05, 4.69) is 0 Å². The smallest absolute Gasteiger partial charge is 0.246 e. The Morgan fingerprint density at radius 2 is 2.12 bits per heavy atom. The Morgan fingerprint density at radius 1 is 1.32 bits per heavy atom. The van der Waals surface area contributed by atoms with Crippen molar-refractivity contribution in [1.29, 1.82) is 0 Å². The van der Waals surface area contributed by atoms with Crippen molar-refractivity contribution < 1.29 is 22.7 Å². The number of hydrogen-bond acceptors (Lipinski definition) is 5. The van der Waals surface area contributed by atoms with E-state index in [1.165, 1.54) is 4.90 Å². The first-order valence-corrected chi connectivity index (χ1v) is 10.1. The Bertz CT molecular complexity index is 777. The number of methoxy groups -OCH3 is 1. The zero-order valence-corrected chi connectivity index (χ0v) is 15.0. The average Bonchev–Trinajstić information content (AvgIpc) is 2.93. The molecule has 1 atom stereocenters. The van der Waals surface area contributed by atoms with Crippen LogP contribution < -0.4 is 9.64 Å². The molecule has 2 aliphatic heterocycles. The molecule has 2 heterocycles. The zero-order valence-electron chi connectivity index (χ0n) is 14.2. The largest absolute Gasteiger partial charge is 0.497 e. The number of sulfone groups is 1. The minimum atomic E-state index is -2.99. The van der Waals surface area contributed by atoms with Crippen LogP contribution >= 0.6 is 0 Å². The van der Waals surface area contributed by atoms with Gasteiger partial charge in [-0.25, -0.2) is 8.42 Å². The summed E-state index contributed by atoms with van der Waals surface area (Å²) < 4.78 is 28.2. The van der Waals surface area contributed by atoms with Crippen molar-refractivity contribution in [3.05, 3.63) is 24.3 Å². The van der Waals surface area contributed by atoms with E-state index >= 15 is 0 Å². The summed E-state index contributed by atoms with van der Waals surface area (Å²) in [6.45, 7) is 0.886. The van der Waals surface area contributed by atoms with Crippen LogP contribution in [0.2, 0.25) is 0 Å². The van der Waals surface area contributed by atoms with Gasteiger partial charge in [-0.1, -0.05) is 6.07 Å². The van der Waals surface area contributed by atoms with Gasteiger partial charge in [0.15, 0.2) is 9.84 Å². The Balaban J connectivity index is 1.59. The summed E-state index contributed by atoms with van der Waals surface area (Å²) in [5.74, 6) is 0.507. The van der Waals surface area contributed by atoms with Crippen LogP contribution in [-0.2, 0) is 19.4 Å². The number of ether oxygens (including phenoxy) is 1. The number of anilines is 1. The summed E-state index contributed by atoms with van der Waals surface area (Å²) in [6, 6.07) is 7.25. The minimum Gasteiger partial charge on any atom is -0.497 e. The predicted octanol–water partition coefficient (Wildman–Crippen LogP) is 0.695. The Labute approximate surface area is 147 Å². The molecule has 1 aromatic rings. The molecule has 136 valence electrons. The number of rotatable bonds is 4. The van der Waals surface area contributed by atoms with Crippen LogP contribution in [0.1, 0.15) is 12.8 Å². The van der Waals surface area contributed by atoms with Crippen molar-refractivity contribution in [1.82, 2.24) is 4.90 Å². The molecule has 0 radical (unpaired) electrons. The van der Waals surface area contributed by atoms with E-state index in [0.717, 1.165) is 5.69 Å². The molecule has 25 heavy (non-hydrogen) atoms. The number of amides is 2. The van der Waals surface area contributed by atoms with E-state index in [1.54, 1.807) is 18.1 Å². The van der Waals surface area contributed by atoms with E-state index < -0.39 is 9.84 Å². The molecule has 3 rings (SSSR count). The molecule has 7 nitrogen and oxygen atoms in total. The van der Waals surface area contributed by atoms with Crippen molar-refractivity contribution >= 4 is 27.3 Å². The van der Waals surface area contributed by atoms with Crippen LogP contribution in [0, 0.1) is 5.92 Å². The summed E-state index contributed by atoms with van der Waals surface area (Å²) in [4.78, 5) is 28.0. The van der Waals surface area contributed by atoms with Gasteiger partial charge >= 0.3 is 0 Å². The normalized spacial score (nSPS) is 22.9. The van der Waals surface area contributed by atoms with Gasteiger partial charge in [0, 0.05) is 31.3 Å². The SMILES string of the molecule is COc1cccc(N2CCN(C(=O)C[C@@H]3CCS(=O)(=O)C3)CC2=O)c1. The third kappa shape index (κ3) is 4.12. The molecule has 0 unspecified atom stereocenters. The minimum absolute atomic E-state index is 0.0233. The highest BCUT2D eigenvalue weighted by atomic mass is 32.2. The Hall–Kier alpha value is -2.09. The maximum absolute atomic E-state index is 12.4. The van der Waals surface area contributed by atoms with Crippen LogP contribution in [0.4, 0.5) is 5.69 Å². The first-order chi connectivity index (χ1) is 11.9. The lowest BCUT2D eigenvalue weighted by Gasteiger charge is -2.34. The van der Waals surface area contributed by atoms with Gasteiger partial charge in [0.1, 0.15) is 12.3 Å². The Kier molecular flexibility index (Phi) is 4.99. The number of hydrogen-bond donors (Lipinski definition) is 0. The molecule has 2 aliphatic rings. The maximum atomic E-state index is 12.4. The highest BCUT2D eigenvalue weighted by Crippen LogP contribution is 2.25. The fraction of sp³-hybridized carbons (Fsp3) is 0.529. The van der Waals surface area contributed by atoms with Crippen molar-refractivity contribution in [2.75, 3.05) is 43.1 Å². The standard InChI is InChI=1S/C17H22N2O5S/c1-24-15-4-2-3-14(10-15)19-7-6-18(11-17(19)21)16(20)9-13-5-8-25(22,23)12-13/h2-4,10,13H,5-9,11-12H2,1H3/t13-/m0/s1. The van der Waals surface area contributed by atoms with Gasteiger partial charge in [0.2, 0.25) is 11.8 Å². The number of carbonyl (C=O) groups is 2. The van der Waals surface area contributed by atoms with Gasteiger partial charge in [0.25, 0.3) is 0 Å². The summed E-state index contributed by atoms with van der Waals surface area (Å²) in [6.07, 6.45) is 0.734. The highest BCUT2D eigenvalue weighted by molar-refractivity contribution is 7.91. The van der Waals surface area contributed by atoms with E-state index in [0.29, 0.717) is 25.3 Å². The monoisotopic (exact) mass is 366 g/mol. The van der Waals surface area contributed by atoms with Crippen LogP contribution in [0.15, 0.2) is 24.3 Å². The molecule has 0 N–H and O–H groups in total. The molecule has 8 heteroatoms. The lowest BCUT2D eigenvalue weighted by molar-refractivity contribution is -0.137. The summed E-state index contributed by atoms with van der Waals surface area (Å²) >= 11 is 0. The van der Waals surface area contributed by atoms with Crippen molar-refractivity contribution in [3.8, 4) is 5.75 Å². The topological polar surface area (TPSA) is 84.0 Å². The number of nitrogens with zero attached hydrogens (tertiary/aromatic N) is 2. The molecular formula is C17H22N2O5S. The summed E-state index contributed by atoms with van der Waals surface area (Å²) in [7, 11) is -1.42. The second-order valence-electron chi connectivity index (χ2n) is 6.54. The van der Waals surface area contributed by atoms with Crippen LogP contribution in [0.25, 0.3) is 0 Å². The van der Waals surface area contributed by atoms with Gasteiger partial charge < -0.3 is 14.5 Å². The average molecular weight is 366 g/mol. The van der Waals surface area contributed by atoms with Crippen LogP contribution in [-0.4, -0.2) is 63.4 Å². The highest BCUT2D eigenvalue weighted by Gasteiger charge is 2.33. The van der Waals surface area contributed by atoms with Gasteiger partial charge in [-0.2, -0.15) is 0 Å². The third-order valence-corrected chi connectivity index (χ3v) is 6.57. The van der Waals surface area contributed by atoms with Gasteiger partial charge in [-0.05, 0) is 24.5 Å². The van der Waals surface area contributed by atoms with E-state index in [9.17, 15) is 18.0 Å². The third-order valence-electron chi connectivity index (χ3n) is 4.73. The molecule has 2 amide bonds. The summed E-state index contributed by atoms with van der Waals surface area (Å²) in [5, 5.41) is 0. The predicted molar refractivity (Wildman–Crippen MR) is 93.3 cm³/mol. The van der Waals surface area contributed by atoms with Crippen molar-refractivity contribution in [2.24, 2.45) is 5.92 Å². The lowest BCUT2D eigenvalue weighted by Crippen LogP contribution is -2.52. The summed E-state index contributed by atoms with van der Waals surface area (Å²) in [5.41, 5.74) is 0.748. The van der Waals surface area contributed by atoms with E-state index in [-0.39, 0.29) is 42.2 Å². The van der Waals surface area contributed by atoms with E-state index in [1.807, 2.05) is 18.2 Å². The van der Waals surface area contributed by atoms with Crippen LogP contribution in [0.3, 0.4) is 0 Å². The van der Waals surface area contributed by atoms with E-state index in [4.69, 9.17) is 4.74 Å². The quantitative estimate of drug-likeness (QED) is 0.783. The number of benzene rings is 1.